The summed E-state index contributed by atoms with van der Waals surface area (Å²) in [5.74, 6) is 0.519. The molecule has 0 spiro atoms. The normalized spacial score (nSPS) is 10.7. The highest BCUT2D eigenvalue weighted by Crippen LogP contribution is 2.24. The lowest BCUT2D eigenvalue weighted by Crippen LogP contribution is -2.27. The van der Waals surface area contributed by atoms with Crippen LogP contribution in [-0.2, 0) is 11.2 Å². The molecule has 0 aliphatic rings. The fraction of sp³-hybridized carbons (Fsp3) is 0.200. The van der Waals surface area contributed by atoms with E-state index >= 15 is 0 Å². The van der Waals surface area contributed by atoms with Gasteiger partial charge >= 0.3 is 0 Å². The SMILES string of the molecule is Cc1ccc(SCCNC(=O)Cc2csc(-c3ccc(F)cc3)n2)cc1. The lowest BCUT2D eigenvalue weighted by molar-refractivity contribution is -0.120. The first kappa shape index (κ1) is 18.6. The Morgan fingerprint density at radius 2 is 1.88 bits per heavy atom. The van der Waals surface area contributed by atoms with Gasteiger partial charge in [0.2, 0.25) is 5.91 Å². The Kier molecular flexibility index (Phi) is 6.41. The molecule has 1 heterocycles. The first-order chi connectivity index (χ1) is 12.6. The molecule has 0 atom stereocenters. The number of nitrogens with one attached hydrogen (secondary N) is 1. The van der Waals surface area contributed by atoms with E-state index in [1.165, 1.54) is 33.9 Å². The number of aromatic nitrogens is 1. The highest BCUT2D eigenvalue weighted by Gasteiger charge is 2.09. The zero-order valence-electron chi connectivity index (χ0n) is 14.4. The number of benzene rings is 2. The van der Waals surface area contributed by atoms with Gasteiger partial charge in [-0.15, -0.1) is 23.1 Å². The lowest BCUT2D eigenvalue weighted by atomic mass is 10.2. The van der Waals surface area contributed by atoms with Gasteiger partial charge in [-0.25, -0.2) is 9.37 Å². The molecule has 1 aromatic heterocycles. The van der Waals surface area contributed by atoms with Crippen molar-refractivity contribution in [3.05, 3.63) is 71.0 Å². The maximum atomic E-state index is 13.0. The Balaban J connectivity index is 1.43. The van der Waals surface area contributed by atoms with Crippen molar-refractivity contribution in [2.45, 2.75) is 18.2 Å². The highest BCUT2D eigenvalue weighted by molar-refractivity contribution is 7.99. The Hall–Kier alpha value is -2.18. The van der Waals surface area contributed by atoms with Gasteiger partial charge < -0.3 is 5.32 Å². The first-order valence-electron chi connectivity index (χ1n) is 8.27. The summed E-state index contributed by atoms with van der Waals surface area (Å²) in [4.78, 5) is 17.7. The molecule has 1 amide bonds. The second-order valence-electron chi connectivity index (χ2n) is 5.84. The number of carbonyl (C=O) groups excluding carboxylic acids is 1. The van der Waals surface area contributed by atoms with Crippen LogP contribution in [0.1, 0.15) is 11.3 Å². The van der Waals surface area contributed by atoms with E-state index in [1.807, 2.05) is 5.38 Å². The summed E-state index contributed by atoms with van der Waals surface area (Å²) in [6.07, 6.45) is 0.257. The summed E-state index contributed by atoms with van der Waals surface area (Å²) in [7, 11) is 0. The predicted octanol–water partition coefficient (Wildman–Crippen LogP) is 4.71. The molecular weight excluding hydrogens is 367 g/mol. The molecule has 0 aliphatic heterocycles. The number of nitrogens with zero attached hydrogens (tertiary/aromatic N) is 1. The number of hydrogen-bond donors (Lipinski definition) is 1. The number of amides is 1. The van der Waals surface area contributed by atoms with Crippen LogP contribution in [0.25, 0.3) is 10.6 Å². The Morgan fingerprint density at radius 3 is 2.62 bits per heavy atom. The van der Waals surface area contributed by atoms with Crippen molar-refractivity contribution in [3.8, 4) is 10.6 Å². The molecule has 26 heavy (non-hydrogen) atoms. The van der Waals surface area contributed by atoms with Crippen molar-refractivity contribution >= 4 is 29.0 Å². The Labute approximate surface area is 160 Å². The van der Waals surface area contributed by atoms with Crippen molar-refractivity contribution < 1.29 is 9.18 Å². The second-order valence-corrected chi connectivity index (χ2v) is 7.87. The third-order valence-electron chi connectivity index (χ3n) is 3.70. The summed E-state index contributed by atoms with van der Waals surface area (Å²) in [6, 6.07) is 14.6. The minimum absolute atomic E-state index is 0.0366. The Morgan fingerprint density at radius 1 is 1.15 bits per heavy atom. The summed E-state index contributed by atoms with van der Waals surface area (Å²) in [5.41, 5.74) is 2.83. The molecule has 0 saturated carbocycles. The van der Waals surface area contributed by atoms with Gasteiger partial charge in [0, 0.05) is 28.1 Å². The van der Waals surface area contributed by atoms with E-state index in [0.717, 1.165) is 22.0 Å². The average Bonchev–Trinajstić information content (AvgIpc) is 3.09. The fourth-order valence-corrected chi connectivity index (χ4v) is 3.93. The summed E-state index contributed by atoms with van der Waals surface area (Å²) in [5, 5.41) is 5.59. The van der Waals surface area contributed by atoms with Crippen LogP contribution in [0.4, 0.5) is 4.39 Å². The lowest BCUT2D eigenvalue weighted by Gasteiger charge is -2.04. The van der Waals surface area contributed by atoms with Gasteiger partial charge in [0.1, 0.15) is 10.8 Å². The second kappa shape index (κ2) is 8.96. The molecule has 0 unspecified atom stereocenters. The van der Waals surface area contributed by atoms with Crippen LogP contribution in [0.2, 0.25) is 0 Å². The smallest absolute Gasteiger partial charge is 0.226 e. The minimum Gasteiger partial charge on any atom is -0.355 e. The van der Waals surface area contributed by atoms with Gasteiger partial charge in [0.15, 0.2) is 0 Å². The molecule has 3 nitrogen and oxygen atoms in total. The number of halogens is 1. The number of aryl methyl sites for hydroxylation is 1. The van der Waals surface area contributed by atoms with Gasteiger partial charge in [-0.05, 0) is 43.3 Å². The van der Waals surface area contributed by atoms with Crippen LogP contribution in [0.3, 0.4) is 0 Å². The Bertz CT molecular complexity index is 860. The predicted molar refractivity (Wildman–Crippen MR) is 106 cm³/mol. The molecule has 3 rings (SSSR count). The molecule has 0 aliphatic carbocycles. The van der Waals surface area contributed by atoms with E-state index in [4.69, 9.17) is 0 Å². The van der Waals surface area contributed by atoms with Gasteiger partial charge in [-0.2, -0.15) is 0 Å². The third-order valence-corrected chi connectivity index (χ3v) is 5.65. The van der Waals surface area contributed by atoms with Crippen LogP contribution in [0, 0.1) is 12.7 Å². The topological polar surface area (TPSA) is 42.0 Å². The number of carbonyl (C=O) groups is 1. The van der Waals surface area contributed by atoms with Crippen molar-refractivity contribution in [2.75, 3.05) is 12.3 Å². The molecule has 0 bridgehead atoms. The average molecular weight is 387 g/mol. The quantitative estimate of drug-likeness (QED) is 0.472. The van der Waals surface area contributed by atoms with Crippen LogP contribution >= 0.6 is 23.1 Å². The summed E-state index contributed by atoms with van der Waals surface area (Å²) >= 11 is 3.18. The van der Waals surface area contributed by atoms with Crippen LogP contribution in [-0.4, -0.2) is 23.2 Å². The van der Waals surface area contributed by atoms with Crippen LogP contribution in [0.15, 0.2) is 58.8 Å². The van der Waals surface area contributed by atoms with Gasteiger partial charge in [-0.3, -0.25) is 4.79 Å². The van der Waals surface area contributed by atoms with Crippen molar-refractivity contribution in [1.29, 1.82) is 0 Å². The molecular formula is C20H19FN2OS2. The number of thiazole rings is 1. The molecule has 6 heteroatoms. The molecule has 0 saturated heterocycles. The van der Waals surface area contributed by atoms with Crippen molar-refractivity contribution in [3.63, 3.8) is 0 Å². The van der Waals surface area contributed by atoms with E-state index in [9.17, 15) is 9.18 Å². The molecule has 3 aromatic rings. The van der Waals surface area contributed by atoms with E-state index in [-0.39, 0.29) is 18.1 Å². The van der Waals surface area contributed by atoms with E-state index in [0.29, 0.717) is 6.54 Å². The summed E-state index contributed by atoms with van der Waals surface area (Å²) < 4.78 is 13.0. The maximum absolute atomic E-state index is 13.0. The molecule has 134 valence electrons. The maximum Gasteiger partial charge on any atom is 0.226 e. The van der Waals surface area contributed by atoms with Gasteiger partial charge in [-0.1, -0.05) is 17.7 Å². The molecule has 0 fully saturated rings. The van der Waals surface area contributed by atoms with Crippen molar-refractivity contribution in [1.82, 2.24) is 10.3 Å². The van der Waals surface area contributed by atoms with E-state index in [1.54, 1.807) is 23.9 Å². The molecule has 0 radical (unpaired) electrons. The van der Waals surface area contributed by atoms with Gasteiger partial charge in [0.05, 0.1) is 12.1 Å². The van der Waals surface area contributed by atoms with Gasteiger partial charge in [0.25, 0.3) is 0 Å². The van der Waals surface area contributed by atoms with E-state index < -0.39 is 0 Å². The summed E-state index contributed by atoms with van der Waals surface area (Å²) in [6.45, 7) is 2.68. The zero-order valence-corrected chi connectivity index (χ0v) is 16.0. The zero-order chi connectivity index (χ0) is 18.4. The first-order valence-corrected chi connectivity index (χ1v) is 10.1. The fourth-order valence-electron chi connectivity index (χ4n) is 2.33. The van der Waals surface area contributed by atoms with E-state index in [2.05, 4.69) is 41.5 Å². The molecule has 1 N–H and O–H groups in total. The highest BCUT2D eigenvalue weighted by atomic mass is 32.2. The monoisotopic (exact) mass is 386 g/mol. The van der Waals surface area contributed by atoms with Crippen LogP contribution in [0.5, 0.6) is 0 Å². The third kappa shape index (κ3) is 5.41. The number of thioether (sulfide) groups is 1. The van der Waals surface area contributed by atoms with Crippen LogP contribution < -0.4 is 5.32 Å². The number of hydrogen-bond acceptors (Lipinski definition) is 4. The standard InChI is InChI=1S/C20H19FN2OS2/c1-14-2-8-18(9-3-14)25-11-10-22-19(24)12-17-13-26-20(23-17)15-4-6-16(21)7-5-15/h2-9,13H,10-12H2,1H3,(H,22,24). The van der Waals surface area contributed by atoms with Crippen molar-refractivity contribution in [2.24, 2.45) is 0 Å². The largest absolute Gasteiger partial charge is 0.355 e. The molecule has 2 aromatic carbocycles. The minimum atomic E-state index is -0.270. The number of rotatable bonds is 7.